The van der Waals surface area contributed by atoms with Crippen LogP contribution in [-0.2, 0) is 23.1 Å². The van der Waals surface area contributed by atoms with E-state index < -0.39 is 0 Å². The van der Waals surface area contributed by atoms with Gasteiger partial charge in [0.05, 0.1) is 18.2 Å². The monoisotopic (exact) mass is 405 g/mol. The van der Waals surface area contributed by atoms with E-state index in [1.807, 2.05) is 48.8 Å². The number of hydrogen-bond donors (Lipinski definition) is 0. The van der Waals surface area contributed by atoms with E-state index in [4.69, 9.17) is 4.74 Å². The normalized spacial score (nSPS) is 20.0. The molecule has 2 heterocycles. The van der Waals surface area contributed by atoms with Crippen LogP contribution in [0, 0.1) is 12.8 Å². The van der Waals surface area contributed by atoms with E-state index in [2.05, 4.69) is 33.2 Å². The van der Waals surface area contributed by atoms with Gasteiger partial charge in [0, 0.05) is 42.5 Å². The van der Waals surface area contributed by atoms with Crippen molar-refractivity contribution < 1.29 is 9.53 Å². The van der Waals surface area contributed by atoms with Crippen LogP contribution in [0.1, 0.15) is 36.3 Å². The first-order chi connectivity index (χ1) is 12.0. The second-order valence-corrected chi connectivity index (χ2v) is 7.39. The first-order valence-electron chi connectivity index (χ1n) is 8.64. The van der Waals surface area contributed by atoms with Crippen LogP contribution in [-0.4, -0.2) is 33.7 Å². The Morgan fingerprint density at radius 1 is 1.48 bits per heavy atom. The standard InChI is InChI=1S/C19H24BrN3O2/c1-4-23(12-14-6-5-7-15(20)10-14)19(24)16-8-9-25-18(16)17-11-21-22(3)13(17)2/h5-7,10-11,16,18H,4,8-9,12H2,1-3H3/t16-,18-/m0/s1. The van der Waals surface area contributed by atoms with Crippen LogP contribution in [0.25, 0.3) is 0 Å². The maximum atomic E-state index is 13.2. The maximum Gasteiger partial charge on any atom is 0.229 e. The van der Waals surface area contributed by atoms with Crippen LogP contribution in [0.2, 0.25) is 0 Å². The molecule has 0 unspecified atom stereocenters. The van der Waals surface area contributed by atoms with Gasteiger partial charge >= 0.3 is 0 Å². The van der Waals surface area contributed by atoms with Crippen molar-refractivity contribution in [2.24, 2.45) is 13.0 Å². The molecule has 5 nitrogen and oxygen atoms in total. The lowest BCUT2D eigenvalue weighted by Gasteiger charge is -2.27. The van der Waals surface area contributed by atoms with Gasteiger partial charge in [-0.3, -0.25) is 9.48 Å². The molecule has 0 N–H and O–H groups in total. The molecular formula is C19H24BrN3O2. The average Bonchev–Trinajstić information content (AvgIpc) is 3.19. The fraction of sp³-hybridized carbons (Fsp3) is 0.474. The van der Waals surface area contributed by atoms with Crippen LogP contribution in [0.5, 0.6) is 0 Å². The summed E-state index contributed by atoms with van der Waals surface area (Å²) in [7, 11) is 1.91. The molecule has 2 aromatic rings. The molecule has 3 rings (SSSR count). The van der Waals surface area contributed by atoms with Crippen LogP contribution < -0.4 is 0 Å². The predicted molar refractivity (Wildman–Crippen MR) is 100.0 cm³/mol. The van der Waals surface area contributed by atoms with Gasteiger partial charge in [-0.2, -0.15) is 5.10 Å². The number of rotatable bonds is 5. The van der Waals surface area contributed by atoms with E-state index >= 15 is 0 Å². The topological polar surface area (TPSA) is 47.4 Å². The van der Waals surface area contributed by atoms with E-state index in [0.29, 0.717) is 19.7 Å². The molecule has 1 aromatic carbocycles. The zero-order valence-corrected chi connectivity index (χ0v) is 16.5. The number of carbonyl (C=O) groups is 1. The number of aryl methyl sites for hydroxylation is 1. The number of amides is 1. The van der Waals surface area contributed by atoms with Crippen LogP contribution in [0.15, 0.2) is 34.9 Å². The van der Waals surface area contributed by atoms with Crippen LogP contribution >= 0.6 is 15.9 Å². The van der Waals surface area contributed by atoms with E-state index in [-0.39, 0.29) is 17.9 Å². The molecule has 2 atom stereocenters. The fourth-order valence-corrected chi connectivity index (χ4v) is 3.83. The molecule has 0 aliphatic carbocycles. The van der Waals surface area contributed by atoms with Gasteiger partial charge < -0.3 is 9.64 Å². The number of hydrogen-bond acceptors (Lipinski definition) is 3. The SMILES string of the molecule is CCN(Cc1cccc(Br)c1)C(=O)[C@H]1CCO[C@@H]1c1cnn(C)c1C. The molecule has 1 aliphatic rings. The van der Waals surface area contributed by atoms with Crippen molar-refractivity contribution >= 4 is 21.8 Å². The van der Waals surface area contributed by atoms with Crippen LogP contribution in [0.4, 0.5) is 0 Å². The molecule has 1 aromatic heterocycles. The lowest BCUT2D eigenvalue weighted by molar-refractivity contribution is -0.137. The third-order valence-electron chi connectivity index (χ3n) is 4.94. The number of halogens is 1. The van der Waals surface area contributed by atoms with E-state index in [1.165, 1.54) is 0 Å². The predicted octanol–water partition coefficient (Wildman–Crippen LogP) is 3.62. The Labute approximate surface area is 157 Å². The summed E-state index contributed by atoms with van der Waals surface area (Å²) in [6.07, 6.45) is 2.39. The number of nitrogens with zero attached hydrogens (tertiary/aromatic N) is 3. The van der Waals surface area contributed by atoms with Gasteiger partial charge in [0.25, 0.3) is 0 Å². The molecule has 0 saturated carbocycles. The number of ether oxygens (including phenoxy) is 1. The second kappa shape index (κ2) is 7.70. The minimum atomic E-state index is -0.197. The summed E-state index contributed by atoms with van der Waals surface area (Å²) < 4.78 is 8.78. The first-order valence-corrected chi connectivity index (χ1v) is 9.44. The highest BCUT2D eigenvalue weighted by Gasteiger charge is 2.38. The zero-order valence-electron chi connectivity index (χ0n) is 14.9. The summed E-state index contributed by atoms with van der Waals surface area (Å²) >= 11 is 3.50. The van der Waals surface area contributed by atoms with Gasteiger partial charge in [-0.15, -0.1) is 0 Å². The van der Waals surface area contributed by atoms with Gasteiger partial charge in [-0.05, 0) is 38.0 Å². The summed E-state index contributed by atoms with van der Waals surface area (Å²) in [6.45, 7) is 5.95. The van der Waals surface area contributed by atoms with Gasteiger partial charge in [0.15, 0.2) is 0 Å². The van der Waals surface area contributed by atoms with E-state index in [9.17, 15) is 4.79 Å². The molecule has 0 radical (unpaired) electrons. The van der Waals surface area contributed by atoms with Crippen LogP contribution in [0.3, 0.4) is 0 Å². The molecule has 25 heavy (non-hydrogen) atoms. The van der Waals surface area contributed by atoms with Gasteiger partial charge in [0.1, 0.15) is 0 Å². The minimum absolute atomic E-state index is 0.144. The van der Waals surface area contributed by atoms with Gasteiger partial charge in [0.2, 0.25) is 5.91 Å². The average molecular weight is 406 g/mol. The Balaban J connectivity index is 1.78. The fourth-order valence-electron chi connectivity index (χ4n) is 3.38. The maximum absolute atomic E-state index is 13.2. The Bertz CT molecular complexity index is 759. The molecule has 134 valence electrons. The van der Waals surface area contributed by atoms with Gasteiger partial charge in [-0.25, -0.2) is 0 Å². The largest absolute Gasteiger partial charge is 0.373 e. The minimum Gasteiger partial charge on any atom is -0.373 e. The van der Waals surface area contributed by atoms with Crippen molar-refractivity contribution in [1.82, 2.24) is 14.7 Å². The smallest absolute Gasteiger partial charge is 0.229 e. The molecule has 6 heteroatoms. The molecule has 1 aliphatic heterocycles. The highest BCUT2D eigenvalue weighted by molar-refractivity contribution is 9.10. The van der Waals surface area contributed by atoms with Crippen molar-refractivity contribution in [3.63, 3.8) is 0 Å². The summed E-state index contributed by atoms with van der Waals surface area (Å²) in [6, 6.07) is 8.10. The zero-order chi connectivity index (χ0) is 18.0. The van der Waals surface area contributed by atoms with Crippen molar-refractivity contribution in [3.05, 3.63) is 51.8 Å². The Morgan fingerprint density at radius 2 is 2.28 bits per heavy atom. The third-order valence-corrected chi connectivity index (χ3v) is 5.44. The summed E-state index contributed by atoms with van der Waals surface area (Å²) in [5, 5.41) is 4.30. The first kappa shape index (κ1) is 18.1. The summed E-state index contributed by atoms with van der Waals surface area (Å²) in [5.41, 5.74) is 3.20. The summed E-state index contributed by atoms with van der Waals surface area (Å²) in [5.74, 6) is 0.0169. The molecule has 1 amide bonds. The lowest BCUT2D eigenvalue weighted by Crippen LogP contribution is -2.36. The Kier molecular flexibility index (Phi) is 5.59. The third kappa shape index (κ3) is 3.80. The number of aromatic nitrogens is 2. The van der Waals surface area contributed by atoms with Crippen molar-refractivity contribution in [1.29, 1.82) is 0 Å². The van der Waals surface area contributed by atoms with E-state index in [1.54, 1.807) is 0 Å². The molecule has 0 bridgehead atoms. The van der Waals surface area contributed by atoms with Crippen molar-refractivity contribution in [3.8, 4) is 0 Å². The Hall–Kier alpha value is -1.66. The quantitative estimate of drug-likeness (QED) is 0.762. The number of benzene rings is 1. The van der Waals surface area contributed by atoms with E-state index in [0.717, 1.165) is 27.7 Å². The van der Waals surface area contributed by atoms with Crippen molar-refractivity contribution in [2.45, 2.75) is 32.9 Å². The highest BCUT2D eigenvalue weighted by atomic mass is 79.9. The Morgan fingerprint density at radius 3 is 2.92 bits per heavy atom. The molecular weight excluding hydrogens is 382 g/mol. The molecule has 0 spiro atoms. The van der Waals surface area contributed by atoms with Gasteiger partial charge in [-0.1, -0.05) is 28.1 Å². The van der Waals surface area contributed by atoms with Crippen molar-refractivity contribution in [2.75, 3.05) is 13.2 Å². The second-order valence-electron chi connectivity index (χ2n) is 6.48. The molecule has 1 saturated heterocycles. The molecule has 1 fully saturated rings. The highest BCUT2D eigenvalue weighted by Crippen LogP contribution is 2.37. The number of carbonyl (C=O) groups excluding carboxylic acids is 1. The lowest BCUT2D eigenvalue weighted by atomic mass is 9.94. The summed E-state index contributed by atoms with van der Waals surface area (Å²) in [4.78, 5) is 15.1.